The molecule has 5 rings (SSSR count). The van der Waals surface area contributed by atoms with Gasteiger partial charge < -0.3 is 14.8 Å². The summed E-state index contributed by atoms with van der Waals surface area (Å²) >= 11 is 1.53. The van der Waals surface area contributed by atoms with Crippen LogP contribution in [-0.2, 0) is 22.4 Å². The minimum Gasteiger partial charge on any atom is -0.462 e. The lowest BCUT2D eigenvalue weighted by Crippen LogP contribution is -2.25. The van der Waals surface area contributed by atoms with E-state index in [0.717, 1.165) is 55.2 Å². The third-order valence-corrected chi connectivity index (χ3v) is 7.45. The average molecular weight is 462 g/mol. The van der Waals surface area contributed by atoms with Crippen LogP contribution in [0.25, 0.3) is 0 Å². The number of benzene rings is 2. The number of amides is 1. The second-order valence-electron chi connectivity index (χ2n) is 8.50. The first-order valence-electron chi connectivity index (χ1n) is 11.7. The molecule has 3 aromatic rings. The normalized spacial score (nSPS) is 14.8. The van der Waals surface area contributed by atoms with E-state index < -0.39 is 5.92 Å². The molecule has 0 unspecified atom stereocenters. The molecule has 0 bridgehead atoms. The van der Waals surface area contributed by atoms with E-state index in [4.69, 9.17) is 9.47 Å². The van der Waals surface area contributed by atoms with E-state index in [0.29, 0.717) is 28.7 Å². The fourth-order valence-electron chi connectivity index (χ4n) is 4.69. The van der Waals surface area contributed by atoms with Gasteiger partial charge >= 0.3 is 5.97 Å². The maximum absolute atomic E-state index is 13.8. The lowest BCUT2D eigenvalue weighted by Gasteiger charge is -2.27. The molecule has 5 nitrogen and oxygen atoms in total. The second-order valence-corrected chi connectivity index (χ2v) is 9.61. The number of rotatable bonds is 5. The summed E-state index contributed by atoms with van der Waals surface area (Å²) in [6.07, 6.45) is 5.85. The van der Waals surface area contributed by atoms with Crippen LogP contribution in [0, 0.1) is 0 Å². The molecule has 1 aromatic heterocycles. The SMILES string of the molecule is CCCOC(=O)c1c(NC(=O)C2c3ccccc3Oc3ccccc32)sc2c1CCCCC2. The number of hydrogen-bond acceptors (Lipinski definition) is 5. The predicted molar refractivity (Wildman–Crippen MR) is 130 cm³/mol. The molecule has 0 radical (unpaired) electrons. The molecule has 6 heteroatoms. The van der Waals surface area contributed by atoms with E-state index in [1.54, 1.807) is 0 Å². The van der Waals surface area contributed by atoms with Crippen molar-refractivity contribution >= 4 is 28.2 Å². The fraction of sp³-hybridized carbons (Fsp3) is 0.333. The van der Waals surface area contributed by atoms with E-state index in [-0.39, 0.29) is 11.9 Å². The van der Waals surface area contributed by atoms with Crippen LogP contribution in [-0.4, -0.2) is 18.5 Å². The molecule has 0 fully saturated rings. The van der Waals surface area contributed by atoms with Crippen molar-refractivity contribution in [1.29, 1.82) is 0 Å². The number of para-hydroxylation sites is 2. The molecule has 0 atom stereocenters. The van der Waals surface area contributed by atoms with Crippen LogP contribution in [0.3, 0.4) is 0 Å². The number of hydrogen-bond donors (Lipinski definition) is 1. The van der Waals surface area contributed by atoms with Gasteiger partial charge in [-0.15, -0.1) is 11.3 Å². The number of carbonyl (C=O) groups excluding carboxylic acids is 2. The van der Waals surface area contributed by atoms with Crippen molar-refractivity contribution < 1.29 is 19.1 Å². The number of carbonyl (C=O) groups is 2. The Labute approximate surface area is 197 Å². The Kier molecular flexibility index (Phi) is 6.18. The second kappa shape index (κ2) is 9.40. The first kappa shape index (κ1) is 21.7. The molecule has 170 valence electrons. The molecule has 1 aliphatic heterocycles. The number of nitrogens with one attached hydrogen (secondary N) is 1. The third-order valence-electron chi connectivity index (χ3n) is 6.24. The van der Waals surface area contributed by atoms with Gasteiger partial charge in [-0.3, -0.25) is 4.79 Å². The summed E-state index contributed by atoms with van der Waals surface area (Å²) in [7, 11) is 0. The summed E-state index contributed by atoms with van der Waals surface area (Å²) < 4.78 is 11.6. The zero-order valence-corrected chi connectivity index (χ0v) is 19.5. The van der Waals surface area contributed by atoms with Gasteiger partial charge in [0.05, 0.1) is 18.1 Å². The number of ether oxygens (including phenoxy) is 2. The largest absolute Gasteiger partial charge is 0.462 e. The fourth-order valence-corrected chi connectivity index (χ4v) is 5.97. The molecule has 0 spiro atoms. The van der Waals surface area contributed by atoms with Gasteiger partial charge in [0.1, 0.15) is 16.5 Å². The summed E-state index contributed by atoms with van der Waals surface area (Å²) in [5.41, 5.74) is 3.25. The van der Waals surface area contributed by atoms with Crippen LogP contribution in [0.5, 0.6) is 11.5 Å². The predicted octanol–water partition coefficient (Wildman–Crippen LogP) is 6.46. The van der Waals surface area contributed by atoms with Gasteiger partial charge in [0, 0.05) is 16.0 Å². The lowest BCUT2D eigenvalue weighted by molar-refractivity contribution is -0.116. The van der Waals surface area contributed by atoms with Crippen molar-refractivity contribution in [3.63, 3.8) is 0 Å². The smallest absolute Gasteiger partial charge is 0.341 e. The quantitative estimate of drug-likeness (QED) is 0.350. The molecule has 2 heterocycles. The molecule has 1 N–H and O–H groups in total. The van der Waals surface area contributed by atoms with Crippen LogP contribution in [0.15, 0.2) is 48.5 Å². The van der Waals surface area contributed by atoms with Crippen LogP contribution >= 0.6 is 11.3 Å². The summed E-state index contributed by atoms with van der Waals surface area (Å²) in [5.74, 6) is 0.341. The highest BCUT2D eigenvalue weighted by atomic mass is 32.1. The van der Waals surface area contributed by atoms with E-state index in [9.17, 15) is 9.59 Å². The number of esters is 1. The Hall–Kier alpha value is -3.12. The van der Waals surface area contributed by atoms with Crippen molar-refractivity contribution in [2.45, 2.75) is 51.4 Å². The van der Waals surface area contributed by atoms with Gasteiger partial charge in [0.15, 0.2) is 0 Å². The molecule has 0 saturated carbocycles. The summed E-state index contributed by atoms with van der Waals surface area (Å²) in [6, 6.07) is 15.2. The molecular formula is C27H27NO4S. The highest BCUT2D eigenvalue weighted by Crippen LogP contribution is 2.45. The number of thiophene rings is 1. The number of fused-ring (bicyclic) bond motifs is 3. The minimum atomic E-state index is -0.521. The zero-order valence-electron chi connectivity index (χ0n) is 18.7. The van der Waals surface area contributed by atoms with Crippen molar-refractivity contribution in [3.8, 4) is 11.5 Å². The number of anilines is 1. The summed E-state index contributed by atoms with van der Waals surface area (Å²) in [4.78, 5) is 28.0. The van der Waals surface area contributed by atoms with Gasteiger partial charge in [-0.1, -0.05) is 49.7 Å². The molecular weight excluding hydrogens is 434 g/mol. The molecule has 1 aliphatic carbocycles. The van der Waals surface area contributed by atoms with Gasteiger partial charge in [-0.2, -0.15) is 0 Å². The zero-order chi connectivity index (χ0) is 22.8. The Morgan fingerprint density at radius 3 is 2.36 bits per heavy atom. The molecule has 2 aliphatic rings. The van der Waals surface area contributed by atoms with Crippen molar-refractivity contribution in [1.82, 2.24) is 0 Å². The highest BCUT2D eigenvalue weighted by Gasteiger charge is 2.34. The van der Waals surface area contributed by atoms with Crippen LogP contribution in [0.4, 0.5) is 5.00 Å². The highest BCUT2D eigenvalue weighted by molar-refractivity contribution is 7.17. The Morgan fingerprint density at radius 2 is 1.67 bits per heavy atom. The van der Waals surface area contributed by atoms with Crippen LogP contribution in [0.2, 0.25) is 0 Å². The van der Waals surface area contributed by atoms with E-state index in [1.165, 1.54) is 16.2 Å². The number of aryl methyl sites for hydroxylation is 1. The maximum Gasteiger partial charge on any atom is 0.341 e. The van der Waals surface area contributed by atoms with Gasteiger partial charge in [0.2, 0.25) is 5.91 Å². The topological polar surface area (TPSA) is 64.6 Å². The maximum atomic E-state index is 13.8. The minimum absolute atomic E-state index is 0.167. The monoisotopic (exact) mass is 461 g/mol. The first-order valence-corrected chi connectivity index (χ1v) is 12.5. The van der Waals surface area contributed by atoms with Crippen molar-refractivity contribution in [2.75, 3.05) is 11.9 Å². The lowest BCUT2D eigenvalue weighted by atomic mass is 9.87. The Morgan fingerprint density at radius 1 is 1.00 bits per heavy atom. The Bertz CT molecular complexity index is 1150. The molecule has 0 saturated heterocycles. The third kappa shape index (κ3) is 4.15. The van der Waals surface area contributed by atoms with Gasteiger partial charge in [-0.05, 0) is 49.8 Å². The summed E-state index contributed by atoms with van der Waals surface area (Å²) in [6.45, 7) is 2.35. The average Bonchev–Trinajstić information content (AvgIpc) is 3.00. The van der Waals surface area contributed by atoms with E-state index in [1.807, 2.05) is 55.5 Å². The standard InChI is InChI=1S/C27H27NO4S/c1-2-16-31-27(30)24-19-12-4-3-5-15-22(19)33-26(24)28-25(29)23-17-10-6-8-13-20(17)32-21-14-9-7-11-18(21)23/h6-11,13-14,23H,2-5,12,15-16H2,1H3,(H,28,29). The van der Waals surface area contributed by atoms with Crippen molar-refractivity contribution in [2.24, 2.45) is 0 Å². The first-order chi connectivity index (χ1) is 16.2. The summed E-state index contributed by atoms with van der Waals surface area (Å²) in [5, 5.41) is 3.73. The van der Waals surface area contributed by atoms with Crippen molar-refractivity contribution in [3.05, 3.63) is 75.7 Å². The van der Waals surface area contributed by atoms with E-state index >= 15 is 0 Å². The van der Waals surface area contributed by atoms with Crippen LogP contribution in [0.1, 0.15) is 70.5 Å². The molecule has 1 amide bonds. The van der Waals surface area contributed by atoms with Crippen LogP contribution < -0.4 is 10.1 Å². The van der Waals surface area contributed by atoms with Gasteiger partial charge in [-0.25, -0.2) is 4.79 Å². The van der Waals surface area contributed by atoms with E-state index in [2.05, 4.69) is 5.32 Å². The molecule has 2 aromatic carbocycles. The Balaban J connectivity index is 1.53. The van der Waals surface area contributed by atoms with Gasteiger partial charge in [0.25, 0.3) is 0 Å². The molecule has 33 heavy (non-hydrogen) atoms.